The number of carbonyl (C=O) groups excluding carboxylic acids is 1. The number of hydrogen-bond donors (Lipinski definition) is 3. The number of aliphatic hydroxyl groups is 2. The zero-order chi connectivity index (χ0) is 22.2. The number of hydrogen-bond acceptors (Lipinski definition) is 8. The third-order valence-electron chi connectivity index (χ3n) is 4.80. The van der Waals surface area contributed by atoms with Crippen LogP contribution >= 0.6 is 22.7 Å². The first-order chi connectivity index (χ1) is 14.8. The molecule has 1 amide bonds. The Morgan fingerprint density at radius 2 is 1.94 bits per heavy atom. The maximum Gasteiger partial charge on any atom is 0.418 e. The highest BCUT2D eigenvalue weighted by Crippen LogP contribution is 2.39. The van der Waals surface area contributed by atoms with Gasteiger partial charge in [-0.05, 0) is 12.1 Å². The molecule has 164 valence electrons. The molecule has 1 fully saturated rings. The second kappa shape index (κ2) is 8.54. The summed E-state index contributed by atoms with van der Waals surface area (Å²) in [5.74, 6) is -0.768. The summed E-state index contributed by atoms with van der Waals surface area (Å²) in [6.07, 6.45) is -4.46. The van der Waals surface area contributed by atoms with Crippen LogP contribution in [0.4, 0.5) is 24.0 Å². The van der Waals surface area contributed by atoms with E-state index >= 15 is 0 Å². The molecule has 0 atom stereocenters. The lowest BCUT2D eigenvalue weighted by Gasteiger charge is -2.41. The third-order valence-corrected chi connectivity index (χ3v) is 6.66. The zero-order valence-corrected chi connectivity index (χ0v) is 17.5. The quantitative estimate of drug-likeness (QED) is 0.511. The highest BCUT2D eigenvalue weighted by Gasteiger charge is 2.39. The number of aromatic nitrogens is 2. The van der Waals surface area contributed by atoms with Crippen molar-refractivity contribution in [1.29, 1.82) is 0 Å². The Morgan fingerprint density at radius 3 is 2.61 bits per heavy atom. The lowest BCUT2D eigenvalue weighted by Crippen LogP contribution is -2.52. The molecule has 0 saturated carbocycles. The molecule has 2 aromatic heterocycles. The largest absolute Gasteiger partial charge is 0.418 e. The van der Waals surface area contributed by atoms with Crippen LogP contribution < -0.4 is 10.2 Å². The highest BCUT2D eigenvalue weighted by atomic mass is 32.1. The molecule has 1 aliphatic heterocycles. The smallest absolute Gasteiger partial charge is 0.390 e. The lowest BCUT2D eigenvalue weighted by atomic mass is 9.97. The average molecular weight is 470 g/mol. The van der Waals surface area contributed by atoms with Crippen molar-refractivity contribution in [1.82, 2.24) is 9.97 Å². The van der Waals surface area contributed by atoms with E-state index in [1.165, 1.54) is 45.8 Å². The van der Waals surface area contributed by atoms with Crippen molar-refractivity contribution >= 4 is 39.4 Å². The number of carbonyl (C=O) groups is 1. The molecule has 3 heterocycles. The van der Waals surface area contributed by atoms with Gasteiger partial charge in [0.1, 0.15) is 5.01 Å². The van der Waals surface area contributed by atoms with Gasteiger partial charge in [-0.1, -0.05) is 12.1 Å². The number of nitrogens with zero attached hydrogens (tertiary/aromatic N) is 3. The molecule has 0 unspecified atom stereocenters. The van der Waals surface area contributed by atoms with Crippen molar-refractivity contribution in [2.75, 3.05) is 23.3 Å². The van der Waals surface area contributed by atoms with Gasteiger partial charge in [-0.25, -0.2) is 9.97 Å². The van der Waals surface area contributed by atoms with E-state index in [0.717, 1.165) is 6.07 Å². The van der Waals surface area contributed by atoms with Crippen LogP contribution in [0.5, 0.6) is 0 Å². The standard InChI is InChI=1S/C19H17F3N4O3S2/c20-19(21,22)11-3-1-2-4-14(11)26-5-10(6-26)17(29)25-18-24-13(9-30-18)16-12(7-27)23-15(8-28)31-16/h1-4,9-10,27-28H,5-8H2,(H,24,25,29). The third kappa shape index (κ3) is 4.42. The minimum atomic E-state index is -4.46. The van der Waals surface area contributed by atoms with Crippen LogP contribution in [0.1, 0.15) is 16.3 Å². The van der Waals surface area contributed by atoms with E-state index in [4.69, 9.17) is 0 Å². The molecule has 3 N–H and O–H groups in total. The summed E-state index contributed by atoms with van der Waals surface area (Å²) < 4.78 is 39.6. The number of aliphatic hydroxyl groups excluding tert-OH is 2. The SMILES string of the molecule is O=C(Nc1nc(-c2sc(CO)nc2CO)cs1)C1CN(c2ccccc2C(F)(F)F)C1. The molecule has 1 aliphatic rings. The monoisotopic (exact) mass is 470 g/mol. The molecule has 7 nitrogen and oxygen atoms in total. The molecular weight excluding hydrogens is 453 g/mol. The van der Waals surface area contributed by atoms with Crippen LogP contribution in [0.15, 0.2) is 29.6 Å². The van der Waals surface area contributed by atoms with Gasteiger partial charge in [-0.2, -0.15) is 13.2 Å². The van der Waals surface area contributed by atoms with E-state index in [9.17, 15) is 28.2 Å². The van der Waals surface area contributed by atoms with Crippen molar-refractivity contribution in [3.05, 3.63) is 45.9 Å². The summed E-state index contributed by atoms with van der Waals surface area (Å²) in [4.78, 5) is 23.1. The lowest BCUT2D eigenvalue weighted by molar-refractivity contribution is -0.137. The zero-order valence-electron chi connectivity index (χ0n) is 15.9. The number of thiazole rings is 2. The van der Waals surface area contributed by atoms with Crippen LogP contribution in [-0.2, 0) is 24.2 Å². The Morgan fingerprint density at radius 1 is 1.19 bits per heavy atom. The topological polar surface area (TPSA) is 98.6 Å². The molecule has 0 spiro atoms. The van der Waals surface area contributed by atoms with Crippen molar-refractivity contribution in [2.24, 2.45) is 5.92 Å². The number of nitrogens with one attached hydrogen (secondary N) is 1. The Hall–Kier alpha value is -2.54. The molecule has 1 saturated heterocycles. The van der Waals surface area contributed by atoms with Crippen molar-refractivity contribution in [2.45, 2.75) is 19.4 Å². The predicted molar refractivity (Wildman–Crippen MR) is 111 cm³/mol. The second-order valence-electron chi connectivity index (χ2n) is 6.84. The maximum absolute atomic E-state index is 13.2. The van der Waals surface area contributed by atoms with Crippen molar-refractivity contribution in [3.63, 3.8) is 0 Å². The Kier molecular flexibility index (Phi) is 5.97. The van der Waals surface area contributed by atoms with Crippen LogP contribution in [-0.4, -0.2) is 39.2 Å². The fraction of sp³-hybridized carbons (Fsp3) is 0.316. The van der Waals surface area contributed by atoms with Crippen LogP contribution in [0.25, 0.3) is 10.6 Å². The minimum absolute atomic E-state index is 0.0667. The second-order valence-corrected chi connectivity index (χ2v) is 8.79. The summed E-state index contributed by atoms with van der Waals surface area (Å²) in [6, 6.07) is 5.31. The molecule has 0 aliphatic carbocycles. The van der Waals surface area contributed by atoms with E-state index in [1.54, 1.807) is 5.38 Å². The summed E-state index contributed by atoms with van der Waals surface area (Å²) in [7, 11) is 0. The molecule has 31 heavy (non-hydrogen) atoms. The van der Waals surface area contributed by atoms with E-state index in [-0.39, 0.29) is 37.9 Å². The number of alkyl halides is 3. The minimum Gasteiger partial charge on any atom is -0.390 e. The van der Waals surface area contributed by atoms with E-state index in [0.29, 0.717) is 26.4 Å². The van der Waals surface area contributed by atoms with Gasteiger partial charge in [0.15, 0.2) is 5.13 Å². The normalized spacial score (nSPS) is 14.5. The first-order valence-electron chi connectivity index (χ1n) is 9.18. The fourth-order valence-electron chi connectivity index (χ4n) is 3.25. The van der Waals surface area contributed by atoms with E-state index < -0.39 is 17.7 Å². The molecule has 1 aromatic carbocycles. The van der Waals surface area contributed by atoms with Crippen molar-refractivity contribution in [3.8, 4) is 10.6 Å². The van der Waals surface area contributed by atoms with Gasteiger partial charge < -0.3 is 20.4 Å². The molecule has 12 heteroatoms. The number of amides is 1. The summed E-state index contributed by atoms with van der Waals surface area (Å²) in [6.45, 7) is -0.190. The predicted octanol–water partition coefficient (Wildman–Crippen LogP) is 3.34. The van der Waals surface area contributed by atoms with Gasteiger partial charge in [0.25, 0.3) is 0 Å². The van der Waals surface area contributed by atoms with Crippen LogP contribution in [0.2, 0.25) is 0 Å². The Labute approximate surface area is 182 Å². The molecule has 3 aromatic rings. The maximum atomic E-state index is 13.2. The summed E-state index contributed by atoms with van der Waals surface area (Å²) in [5.41, 5.74) is 0.271. The number of rotatable bonds is 6. The van der Waals surface area contributed by atoms with Gasteiger partial charge >= 0.3 is 6.18 Å². The van der Waals surface area contributed by atoms with Gasteiger partial charge in [0.05, 0.1) is 41.0 Å². The van der Waals surface area contributed by atoms with Gasteiger partial charge in [-0.3, -0.25) is 4.79 Å². The molecular formula is C19H17F3N4O3S2. The summed E-state index contributed by atoms with van der Waals surface area (Å²) >= 11 is 2.40. The van der Waals surface area contributed by atoms with Gasteiger partial charge in [0, 0.05) is 24.2 Å². The van der Waals surface area contributed by atoms with Gasteiger partial charge in [0.2, 0.25) is 5.91 Å². The Bertz CT molecular complexity index is 1090. The number of para-hydroxylation sites is 1. The molecule has 0 radical (unpaired) electrons. The van der Waals surface area contributed by atoms with Crippen molar-refractivity contribution < 1.29 is 28.2 Å². The number of halogens is 3. The first-order valence-corrected chi connectivity index (χ1v) is 10.9. The highest BCUT2D eigenvalue weighted by molar-refractivity contribution is 7.17. The van der Waals surface area contributed by atoms with Crippen LogP contribution in [0.3, 0.4) is 0 Å². The average Bonchev–Trinajstić information content (AvgIpc) is 3.32. The van der Waals surface area contributed by atoms with E-state index in [2.05, 4.69) is 15.3 Å². The van der Waals surface area contributed by atoms with E-state index in [1.807, 2.05) is 0 Å². The number of anilines is 2. The number of benzene rings is 1. The molecule has 4 rings (SSSR count). The summed E-state index contributed by atoms with van der Waals surface area (Å²) in [5, 5.41) is 23.9. The fourth-order valence-corrected chi connectivity index (χ4v) is 4.92. The molecule has 0 bridgehead atoms. The first kappa shape index (κ1) is 21.7. The Balaban J connectivity index is 1.40. The van der Waals surface area contributed by atoms with Crippen LogP contribution in [0, 0.1) is 5.92 Å². The van der Waals surface area contributed by atoms with Gasteiger partial charge in [-0.15, -0.1) is 22.7 Å².